The van der Waals surface area contributed by atoms with Crippen molar-refractivity contribution >= 4 is 0 Å². The monoisotopic (exact) mass is 287 g/mol. The molecule has 1 aromatic rings. The minimum absolute atomic E-state index is 0.134. The zero-order valence-electron chi connectivity index (χ0n) is 11.4. The zero-order chi connectivity index (χ0) is 14.8. The van der Waals surface area contributed by atoms with Gasteiger partial charge in [-0.1, -0.05) is 0 Å². The Labute approximate surface area is 116 Å². The van der Waals surface area contributed by atoms with E-state index in [4.69, 9.17) is 4.74 Å². The topological polar surface area (TPSA) is 52.9 Å². The molecule has 2 rings (SSSR count). The van der Waals surface area contributed by atoms with Crippen LogP contribution in [-0.4, -0.2) is 47.5 Å². The normalized spacial score (nSPS) is 23.9. The van der Waals surface area contributed by atoms with Crippen LogP contribution in [0.2, 0.25) is 0 Å². The number of aliphatic hydroxyl groups is 2. The lowest BCUT2D eigenvalue weighted by atomic mass is 9.93. The van der Waals surface area contributed by atoms with Gasteiger partial charge in [-0.3, -0.25) is 4.90 Å². The molecule has 0 bridgehead atoms. The summed E-state index contributed by atoms with van der Waals surface area (Å²) in [5, 5.41) is 19.3. The third-order valence-corrected chi connectivity index (χ3v) is 3.68. The SMILES string of the molecule is COc1ccc(F)c(F)c1CN1CCC[C@@](O)(CO)C1. The highest BCUT2D eigenvalue weighted by Gasteiger charge is 2.33. The summed E-state index contributed by atoms with van der Waals surface area (Å²) in [7, 11) is 1.40. The number of methoxy groups -OCH3 is 1. The number of rotatable bonds is 4. The quantitative estimate of drug-likeness (QED) is 0.876. The van der Waals surface area contributed by atoms with Crippen molar-refractivity contribution < 1.29 is 23.7 Å². The fourth-order valence-corrected chi connectivity index (χ4v) is 2.61. The molecule has 1 heterocycles. The van der Waals surface area contributed by atoms with Gasteiger partial charge >= 0.3 is 0 Å². The van der Waals surface area contributed by atoms with Gasteiger partial charge in [0.15, 0.2) is 11.6 Å². The van der Waals surface area contributed by atoms with E-state index < -0.39 is 17.2 Å². The molecule has 20 heavy (non-hydrogen) atoms. The predicted octanol–water partition coefficient (Wildman–Crippen LogP) is 1.29. The van der Waals surface area contributed by atoms with Gasteiger partial charge in [0.05, 0.1) is 13.7 Å². The van der Waals surface area contributed by atoms with Gasteiger partial charge in [0.1, 0.15) is 11.4 Å². The van der Waals surface area contributed by atoms with Crippen molar-refractivity contribution in [2.24, 2.45) is 0 Å². The summed E-state index contributed by atoms with van der Waals surface area (Å²) in [6, 6.07) is 2.41. The molecule has 6 heteroatoms. The van der Waals surface area contributed by atoms with Crippen LogP contribution >= 0.6 is 0 Å². The van der Waals surface area contributed by atoms with Crippen LogP contribution in [0.15, 0.2) is 12.1 Å². The zero-order valence-corrected chi connectivity index (χ0v) is 11.4. The molecular formula is C14H19F2NO3. The fourth-order valence-electron chi connectivity index (χ4n) is 2.61. The van der Waals surface area contributed by atoms with Crippen LogP contribution in [0, 0.1) is 11.6 Å². The smallest absolute Gasteiger partial charge is 0.167 e. The Morgan fingerprint density at radius 3 is 2.80 bits per heavy atom. The van der Waals surface area contributed by atoms with Gasteiger partial charge in [0.2, 0.25) is 0 Å². The number of likely N-dealkylation sites (tertiary alicyclic amines) is 1. The van der Waals surface area contributed by atoms with Crippen molar-refractivity contribution in [3.8, 4) is 5.75 Å². The van der Waals surface area contributed by atoms with E-state index in [-0.39, 0.29) is 31.0 Å². The van der Waals surface area contributed by atoms with Crippen LogP contribution in [0.4, 0.5) is 8.78 Å². The van der Waals surface area contributed by atoms with E-state index in [1.807, 2.05) is 0 Å². The van der Waals surface area contributed by atoms with Gasteiger partial charge in [-0.25, -0.2) is 8.78 Å². The maximum Gasteiger partial charge on any atom is 0.167 e. The van der Waals surface area contributed by atoms with Crippen LogP contribution in [0.1, 0.15) is 18.4 Å². The highest BCUT2D eigenvalue weighted by atomic mass is 19.2. The third-order valence-electron chi connectivity index (χ3n) is 3.68. The Hall–Kier alpha value is -1.24. The van der Waals surface area contributed by atoms with E-state index in [0.29, 0.717) is 19.4 Å². The molecule has 1 fully saturated rings. The van der Waals surface area contributed by atoms with Crippen molar-refractivity contribution in [1.82, 2.24) is 4.90 Å². The molecule has 1 aliphatic rings. The van der Waals surface area contributed by atoms with E-state index >= 15 is 0 Å². The molecule has 1 atom stereocenters. The molecule has 0 radical (unpaired) electrons. The second kappa shape index (κ2) is 6.03. The number of β-amino-alcohol motifs (C(OH)–C–C–N with tert-alkyl or cyclic N) is 1. The summed E-state index contributed by atoms with van der Waals surface area (Å²) in [5.74, 6) is -1.57. The second-order valence-corrected chi connectivity index (χ2v) is 5.24. The first-order valence-electron chi connectivity index (χ1n) is 6.55. The van der Waals surface area contributed by atoms with E-state index in [0.717, 1.165) is 6.07 Å². The molecule has 0 unspecified atom stereocenters. The van der Waals surface area contributed by atoms with Gasteiger partial charge in [-0.15, -0.1) is 0 Å². The Bertz CT molecular complexity index is 484. The lowest BCUT2D eigenvalue weighted by Crippen LogP contribution is -2.50. The molecule has 1 aromatic carbocycles. The number of nitrogens with zero attached hydrogens (tertiary/aromatic N) is 1. The van der Waals surface area contributed by atoms with E-state index in [2.05, 4.69) is 0 Å². The predicted molar refractivity (Wildman–Crippen MR) is 69.5 cm³/mol. The first kappa shape index (κ1) is 15.2. The highest BCUT2D eigenvalue weighted by molar-refractivity contribution is 5.35. The van der Waals surface area contributed by atoms with Crippen LogP contribution in [-0.2, 0) is 6.54 Å². The third kappa shape index (κ3) is 3.08. The van der Waals surface area contributed by atoms with Crippen molar-refractivity contribution in [3.05, 3.63) is 29.3 Å². The molecular weight excluding hydrogens is 268 g/mol. The number of aliphatic hydroxyl groups excluding tert-OH is 1. The maximum absolute atomic E-state index is 13.9. The molecule has 0 saturated carbocycles. The van der Waals surface area contributed by atoms with E-state index in [1.54, 1.807) is 4.90 Å². The summed E-state index contributed by atoms with van der Waals surface area (Å²) in [5.41, 5.74) is -1.04. The Balaban J connectivity index is 2.19. The maximum atomic E-state index is 13.9. The fraction of sp³-hybridized carbons (Fsp3) is 0.571. The lowest BCUT2D eigenvalue weighted by molar-refractivity contribution is -0.0690. The largest absolute Gasteiger partial charge is 0.496 e. The van der Waals surface area contributed by atoms with Crippen molar-refractivity contribution in [1.29, 1.82) is 0 Å². The Morgan fingerprint density at radius 2 is 2.15 bits per heavy atom. The second-order valence-electron chi connectivity index (χ2n) is 5.24. The van der Waals surface area contributed by atoms with Gasteiger partial charge in [-0.2, -0.15) is 0 Å². The minimum atomic E-state index is -1.17. The molecule has 1 aliphatic heterocycles. The van der Waals surface area contributed by atoms with Gasteiger partial charge in [0, 0.05) is 18.7 Å². The number of benzene rings is 1. The first-order chi connectivity index (χ1) is 9.49. The van der Waals surface area contributed by atoms with Crippen LogP contribution in [0.3, 0.4) is 0 Å². The van der Waals surface area contributed by atoms with Crippen molar-refractivity contribution in [3.63, 3.8) is 0 Å². The minimum Gasteiger partial charge on any atom is -0.496 e. The molecule has 0 amide bonds. The van der Waals surface area contributed by atoms with E-state index in [1.165, 1.54) is 13.2 Å². The van der Waals surface area contributed by atoms with Gasteiger partial charge in [-0.05, 0) is 31.5 Å². The van der Waals surface area contributed by atoms with Gasteiger partial charge in [0.25, 0.3) is 0 Å². The molecule has 2 N–H and O–H groups in total. The summed E-state index contributed by atoms with van der Waals surface area (Å²) in [6.45, 7) is 0.672. The van der Waals surface area contributed by atoms with Crippen molar-refractivity contribution in [2.75, 3.05) is 26.8 Å². The first-order valence-corrected chi connectivity index (χ1v) is 6.55. The highest BCUT2D eigenvalue weighted by Crippen LogP contribution is 2.28. The molecule has 0 aliphatic carbocycles. The number of hydrogen-bond acceptors (Lipinski definition) is 4. The molecule has 1 saturated heterocycles. The average Bonchev–Trinajstić information content (AvgIpc) is 2.44. The summed E-state index contributed by atoms with van der Waals surface area (Å²) < 4.78 is 32.3. The molecule has 4 nitrogen and oxygen atoms in total. The standard InChI is InChI=1S/C14H19F2NO3/c1-20-12-4-3-11(15)13(16)10(12)7-17-6-2-5-14(19,8-17)9-18/h3-4,18-19H,2,5-9H2,1H3/t14-/m0/s1. The number of piperidine rings is 1. The number of hydrogen-bond donors (Lipinski definition) is 2. The summed E-state index contributed by atoms with van der Waals surface area (Å²) in [6.07, 6.45) is 1.19. The molecule has 112 valence electrons. The number of halogens is 2. The molecule has 0 spiro atoms. The van der Waals surface area contributed by atoms with Crippen LogP contribution in [0.25, 0.3) is 0 Å². The summed E-state index contributed by atoms with van der Waals surface area (Å²) >= 11 is 0. The van der Waals surface area contributed by atoms with Crippen LogP contribution < -0.4 is 4.74 Å². The molecule has 0 aromatic heterocycles. The lowest BCUT2D eigenvalue weighted by Gasteiger charge is -2.38. The van der Waals surface area contributed by atoms with Crippen molar-refractivity contribution in [2.45, 2.75) is 25.0 Å². The summed E-state index contributed by atoms with van der Waals surface area (Å²) in [4.78, 5) is 1.79. The van der Waals surface area contributed by atoms with Gasteiger partial charge < -0.3 is 14.9 Å². The Morgan fingerprint density at radius 1 is 1.40 bits per heavy atom. The number of ether oxygens (including phenoxy) is 1. The van der Waals surface area contributed by atoms with E-state index in [9.17, 15) is 19.0 Å². The Kier molecular flexibility index (Phi) is 4.57. The van der Waals surface area contributed by atoms with Crippen LogP contribution in [0.5, 0.6) is 5.75 Å². The average molecular weight is 287 g/mol.